The van der Waals surface area contributed by atoms with Crippen molar-refractivity contribution in [2.75, 3.05) is 0 Å². The highest BCUT2D eigenvalue weighted by Gasteiger charge is 2.15. The van der Waals surface area contributed by atoms with Crippen molar-refractivity contribution in [2.24, 2.45) is 0 Å². The highest BCUT2D eigenvalue weighted by Crippen LogP contribution is 2.06. The molecule has 82 valence electrons. The van der Waals surface area contributed by atoms with E-state index in [2.05, 4.69) is 18.6 Å². The molecule has 0 bridgehead atoms. The van der Waals surface area contributed by atoms with Crippen molar-refractivity contribution < 1.29 is 28.2 Å². The van der Waals surface area contributed by atoms with Gasteiger partial charge < -0.3 is 8.83 Å². The molecule has 0 unspecified atom stereocenters. The SMILES string of the molecule is O=C(OOC(=O)c1ccoc1)c1ccoc1. The standard InChI is InChI=1S/C10H6O6/c11-9(7-1-3-13-5-7)15-16-10(12)8-2-4-14-6-8/h1-6H. The Hall–Kier alpha value is -2.50. The Balaban J connectivity index is 1.89. The average Bonchev–Trinajstić information content (AvgIpc) is 2.95. The molecule has 0 aromatic carbocycles. The van der Waals surface area contributed by atoms with Gasteiger partial charge in [0, 0.05) is 0 Å². The number of carbonyl (C=O) groups excluding carboxylic acids is 2. The van der Waals surface area contributed by atoms with Gasteiger partial charge in [-0.25, -0.2) is 19.4 Å². The van der Waals surface area contributed by atoms with Crippen LogP contribution in [-0.4, -0.2) is 11.9 Å². The number of furan rings is 2. The van der Waals surface area contributed by atoms with E-state index in [-0.39, 0.29) is 11.1 Å². The second kappa shape index (κ2) is 4.35. The fraction of sp³-hybridized carbons (Fsp3) is 0. The molecule has 0 aliphatic rings. The van der Waals surface area contributed by atoms with E-state index in [0.717, 1.165) is 0 Å². The Labute approximate surface area is 89.3 Å². The lowest BCUT2D eigenvalue weighted by molar-refractivity contribution is -0.187. The van der Waals surface area contributed by atoms with Crippen LogP contribution in [0.25, 0.3) is 0 Å². The number of hydrogen-bond donors (Lipinski definition) is 0. The second-order valence-electron chi connectivity index (χ2n) is 2.77. The van der Waals surface area contributed by atoms with Crippen LogP contribution in [0.4, 0.5) is 0 Å². The molecule has 0 N–H and O–H groups in total. The van der Waals surface area contributed by atoms with E-state index in [9.17, 15) is 9.59 Å². The largest absolute Gasteiger partial charge is 0.472 e. The first kappa shape index (κ1) is 10.0. The molecule has 16 heavy (non-hydrogen) atoms. The normalized spacial score (nSPS) is 9.75. The van der Waals surface area contributed by atoms with Crippen LogP contribution in [0.3, 0.4) is 0 Å². The zero-order valence-electron chi connectivity index (χ0n) is 7.91. The first-order valence-corrected chi connectivity index (χ1v) is 4.25. The summed E-state index contributed by atoms with van der Waals surface area (Å²) in [6.07, 6.45) is 4.95. The van der Waals surface area contributed by atoms with Crippen LogP contribution in [0.1, 0.15) is 20.7 Å². The minimum Gasteiger partial charge on any atom is -0.472 e. The molecule has 0 aliphatic heterocycles. The van der Waals surface area contributed by atoms with Gasteiger partial charge in [-0.1, -0.05) is 0 Å². The average molecular weight is 222 g/mol. The van der Waals surface area contributed by atoms with Crippen molar-refractivity contribution >= 4 is 11.9 Å². The molecule has 2 rings (SSSR count). The van der Waals surface area contributed by atoms with Crippen molar-refractivity contribution in [3.63, 3.8) is 0 Å². The molecule has 6 heteroatoms. The van der Waals surface area contributed by atoms with Crippen molar-refractivity contribution in [1.82, 2.24) is 0 Å². The van der Waals surface area contributed by atoms with Crippen molar-refractivity contribution in [3.8, 4) is 0 Å². The zero-order chi connectivity index (χ0) is 11.4. The summed E-state index contributed by atoms with van der Waals surface area (Å²) in [5, 5.41) is 0. The molecule has 0 aliphatic carbocycles. The lowest BCUT2D eigenvalue weighted by Crippen LogP contribution is -2.10. The molecule has 2 aromatic heterocycles. The minimum atomic E-state index is -0.814. The van der Waals surface area contributed by atoms with Gasteiger partial charge in [0.1, 0.15) is 23.7 Å². The van der Waals surface area contributed by atoms with Gasteiger partial charge in [-0.05, 0) is 12.1 Å². The van der Waals surface area contributed by atoms with E-state index in [1.807, 2.05) is 0 Å². The van der Waals surface area contributed by atoms with Crippen LogP contribution in [0.5, 0.6) is 0 Å². The summed E-state index contributed by atoms with van der Waals surface area (Å²) in [4.78, 5) is 31.0. The molecular weight excluding hydrogens is 216 g/mol. The topological polar surface area (TPSA) is 78.9 Å². The number of hydrogen-bond acceptors (Lipinski definition) is 6. The molecule has 0 amide bonds. The lowest BCUT2D eigenvalue weighted by atomic mass is 10.3. The molecular formula is C10H6O6. The molecule has 6 nitrogen and oxygen atoms in total. The predicted octanol–water partition coefficient (Wildman–Crippen LogP) is 1.80. The van der Waals surface area contributed by atoms with E-state index >= 15 is 0 Å². The first-order chi connectivity index (χ1) is 7.77. The van der Waals surface area contributed by atoms with Gasteiger partial charge >= 0.3 is 11.9 Å². The van der Waals surface area contributed by atoms with Gasteiger partial charge in [0.15, 0.2) is 0 Å². The highest BCUT2D eigenvalue weighted by molar-refractivity contribution is 5.91. The smallest absolute Gasteiger partial charge is 0.389 e. The maximum Gasteiger partial charge on any atom is 0.389 e. The van der Waals surface area contributed by atoms with Crippen molar-refractivity contribution in [1.29, 1.82) is 0 Å². The Morgan fingerprint density at radius 1 is 0.875 bits per heavy atom. The van der Waals surface area contributed by atoms with Gasteiger partial charge in [0.2, 0.25) is 0 Å². The third-order valence-electron chi connectivity index (χ3n) is 1.71. The van der Waals surface area contributed by atoms with Crippen LogP contribution in [0.15, 0.2) is 46.0 Å². The van der Waals surface area contributed by atoms with Crippen molar-refractivity contribution in [3.05, 3.63) is 48.3 Å². The second-order valence-corrected chi connectivity index (χ2v) is 2.77. The fourth-order valence-corrected chi connectivity index (χ4v) is 0.933. The maximum atomic E-state index is 11.2. The van der Waals surface area contributed by atoms with Gasteiger partial charge in [0.25, 0.3) is 0 Å². The monoisotopic (exact) mass is 222 g/mol. The molecule has 0 spiro atoms. The van der Waals surface area contributed by atoms with E-state index in [1.54, 1.807) is 0 Å². The van der Waals surface area contributed by atoms with Crippen molar-refractivity contribution in [2.45, 2.75) is 0 Å². The van der Waals surface area contributed by atoms with Gasteiger partial charge in [-0.2, -0.15) is 0 Å². The quantitative estimate of drug-likeness (QED) is 0.569. The van der Waals surface area contributed by atoms with Gasteiger partial charge in [0.05, 0.1) is 12.5 Å². The van der Waals surface area contributed by atoms with Gasteiger partial charge in [-0.15, -0.1) is 0 Å². The molecule has 0 saturated heterocycles. The summed E-state index contributed by atoms with van der Waals surface area (Å²) < 4.78 is 9.32. The number of rotatable bonds is 2. The van der Waals surface area contributed by atoms with E-state index in [0.29, 0.717) is 0 Å². The summed E-state index contributed by atoms with van der Waals surface area (Å²) in [6.45, 7) is 0. The van der Waals surface area contributed by atoms with Gasteiger partial charge in [-0.3, -0.25) is 0 Å². The van der Waals surface area contributed by atoms with E-state index in [4.69, 9.17) is 0 Å². The molecule has 2 aromatic rings. The third kappa shape index (κ3) is 2.11. The molecule has 0 radical (unpaired) electrons. The zero-order valence-corrected chi connectivity index (χ0v) is 7.91. The predicted molar refractivity (Wildman–Crippen MR) is 48.2 cm³/mol. The van der Waals surface area contributed by atoms with E-state index < -0.39 is 11.9 Å². The number of carbonyl (C=O) groups is 2. The van der Waals surface area contributed by atoms with Crippen LogP contribution in [-0.2, 0) is 9.78 Å². The fourth-order valence-electron chi connectivity index (χ4n) is 0.933. The first-order valence-electron chi connectivity index (χ1n) is 4.25. The lowest BCUT2D eigenvalue weighted by Gasteiger charge is -1.99. The summed E-state index contributed by atoms with van der Waals surface area (Å²) in [6, 6.07) is 2.77. The summed E-state index contributed by atoms with van der Waals surface area (Å²) in [7, 11) is 0. The van der Waals surface area contributed by atoms with E-state index in [1.165, 1.54) is 37.2 Å². The Morgan fingerprint density at radius 2 is 1.31 bits per heavy atom. The molecule has 0 saturated carbocycles. The Bertz CT molecular complexity index is 421. The van der Waals surface area contributed by atoms with Crippen LogP contribution < -0.4 is 0 Å². The third-order valence-corrected chi connectivity index (χ3v) is 1.71. The van der Waals surface area contributed by atoms with Crippen LogP contribution >= 0.6 is 0 Å². The van der Waals surface area contributed by atoms with Crippen LogP contribution in [0.2, 0.25) is 0 Å². The highest BCUT2D eigenvalue weighted by atomic mass is 17.2. The Morgan fingerprint density at radius 3 is 1.62 bits per heavy atom. The molecule has 0 fully saturated rings. The molecule has 2 heterocycles. The van der Waals surface area contributed by atoms with Crippen LogP contribution in [0, 0.1) is 0 Å². The molecule has 0 atom stereocenters. The summed E-state index contributed by atoms with van der Waals surface area (Å²) in [5.41, 5.74) is 0.306. The maximum absolute atomic E-state index is 11.2. The summed E-state index contributed by atoms with van der Waals surface area (Å²) >= 11 is 0. The Kier molecular flexibility index (Phi) is 2.73. The summed E-state index contributed by atoms with van der Waals surface area (Å²) in [5.74, 6) is -1.63. The minimum absolute atomic E-state index is 0.153.